The van der Waals surface area contributed by atoms with Crippen LogP contribution >= 0.6 is 0 Å². The third-order valence-electron chi connectivity index (χ3n) is 3.71. The number of fused-ring (bicyclic) bond motifs is 1. The Kier molecular flexibility index (Phi) is 7.81. The van der Waals surface area contributed by atoms with Crippen molar-refractivity contribution in [1.29, 1.82) is 0 Å². The highest BCUT2D eigenvalue weighted by atomic mass is 14.9. The van der Waals surface area contributed by atoms with Gasteiger partial charge in [0, 0.05) is 0 Å². The average molecular weight is 261 g/mol. The summed E-state index contributed by atoms with van der Waals surface area (Å²) < 4.78 is 0. The number of rotatable bonds is 0. The van der Waals surface area contributed by atoms with Gasteiger partial charge in [-0.1, -0.05) is 45.4 Å². The van der Waals surface area contributed by atoms with Crippen LogP contribution in [0.25, 0.3) is 0 Å². The second-order valence-electron chi connectivity index (χ2n) is 5.75. The maximum atomic E-state index is 3.22. The molecule has 1 fully saturated rings. The third kappa shape index (κ3) is 5.36. The Balaban J connectivity index is 0.000000188. The molecule has 1 aliphatic heterocycles. The second kappa shape index (κ2) is 9.14. The molecule has 0 radical (unpaired) electrons. The summed E-state index contributed by atoms with van der Waals surface area (Å²) in [5.74, 6) is 0.797. The molecule has 0 amide bonds. The summed E-state index contributed by atoms with van der Waals surface area (Å²) in [6.07, 6.45) is 6.67. The van der Waals surface area contributed by atoms with Gasteiger partial charge in [0.05, 0.1) is 0 Å². The maximum Gasteiger partial charge on any atom is -0.00484 e. The number of benzene rings is 1. The predicted octanol–water partition coefficient (Wildman–Crippen LogP) is 4.83. The van der Waals surface area contributed by atoms with Crippen LogP contribution in [0.4, 0.5) is 0 Å². The summed E-state index contributed by atoms with van der Waals surface area (Å²) in [6.45, 7) is 11.3. The van der Waals surface area contributed by atoms with E-state index in [4.69, 9.17) is 0 Å². The average Bonchev–Trinajstić information content (AvgIpc) is 3.04. The van der Waals surface area contributed by atoms with Crippen molar-refractivity contribution in [3.05, 3.63) is 34.9 Å². The van der Waals surface area contributed by atoms with E-state index in [-0.39, 0.29) is 0 Å². The lowest BCUT2D eigenvalue weighted by Crippen LogP contribution is -2.03. The van der Waals surface area contributed by atoms with Crippen LogP contribution in [-0.2, 0) is 6.42 Å². The molecule has 1 aromatic carbocycles. The lowest BCUT2D eigenvalue weighted by molar-refractivity contribution is 0.744. The van der Waals surface area contributed by atoms with Gasteiger partial charge in [0.25, 0.3) is 0 Å². The van der Waals surface area contributed by atoms with Gasteiger partial charge in [-0.15, -0.1) is 0 Å². The van der Waals surface area contributed by atoms with Crippen molar-refractivity contribution in [1.82, 2.24) is 5.32 Å². The largest absolute Gasteiger partial charge is 0.317 e. The van der Waals surface area contributed by atoms with Gasteiger partial charge < -0.3 is 5.32 Å². The van der Waals surface area contributed by atoms with E-state index >= 15 is 0 Å². The quantitative estimate of drug-likeness (QED) is 0.705. The molecule has 1 heterocycles. The predicted molar refractivity (Wildman–Crippen MR) is 86.0 cm³/mol. The van der Waals surface area contributed by atoms with Crippen molar-refractivity contribution in [2.45, 2.75) is 65.7 Å². The zero-order valence-electron chi connectivity index (χ0n) is 13.3. The van der Waals surface area contributed by atoms with Crippen LogP contribution in [0.1, 0.15) is 69.1 Å². The molecule has 19 heavy (non-hydrogen) atoms. The van der Waals surface area contributed by atoms with E-state index in [1.165, 1.54) is 50.8 Å². The highest BCUT2D eigenvalue weighted by molar-refractivity contribution is 5.40. The molecule has 0 unspecified atom stereocenters. The van der Waals surface area contributed by atoms with E-state index in [1.807, 2.05) is 0 Å². The zero-order valence-corrected chi connectivity index (χ0v) is 13.3. The molecule has 0 saturated carbocycles. The van der Waals surface area contributed by atoms with E-state index in [0.29, 0.717) is 0 Å². The Morgan fingerprint density at radius 2 is 1.79 bits per heavy atom. The molecule has 0 bridgehead atoms. The van der Waals surface area contributed by atoms with Gasteiger partial charge in [-0.3, -0.25) is 0 Å². The molecule has 1 heteroatoms. The Hall–Kier alpha value is -0.820. The lowest BCUT2D eigenvalue weighted by Gasteiger charge is -2.07. The molecule has 0 spiro atoms. The molecule has 1 aliphatic carbocycles. The molecule has 1 atom stereocenters. The Bertz CT molecular complexity index is 345. The Morgan fingerprint density at radius 1 is 1.16 bits per heavy atom. The van der Waals surface area contributed by atoms with Gasteiger partial charge in [0.1, 0.15) is 0 Å². The van der Waals surface area contributed by atoms with Crippen LogP contribution < -0.4 is 5.32 Å². The summed E-state index contributed by atoms with van der Waals surface area (Å²) >= 11 is 0. The van der Waals surface area contributed by atoms with Crippen molar-refractivity contribution in [3.63, 3.8) is 0 Å². The van der Waals surface area contributed by atoms with Gasteiger partial charge in [0.15, 0.2) is 0 Å². The number of aryl methyl sites for hydroxylation is 2. The fourth-order valence-corrected chi connectivity index (χ4v) is 2.81. The van der Waals surface area contributed by atoms with Crippen molar-refractivity contribution in [2.75, 3.05) is 13.1 Å². The smallest absolute Gasteiger partial charge is 0.00484 e. The number of hydrogen-bond donors (Lipinski definition) is 1. The summed E-state index contributed by atoms with van der Waals surface area (Å²) in [5.41, 5.74) is 4.68. The molecule has 0 aromatic heterocycles. The summed E-state index contributed by atoms with van der Waals surface area (Å²) in [6, 6.07) is 6.67. The standard InChI is InChI=1S/C11H14.C4H9N.C3H8/c1-8-4-3-5-10-7-6-9(2)11(8)10;1-2-4-5-3-1;1-3-2/h3-5,9H,6-7H2,1-2H3;5H,1-4H2;3H2,1-2H3/t9-;;/m0../s1. The molecule has 1 aromatic rings. The van der Waals surface area contributed by atoms with Crippen LogP contribution in [0.3, 0.4) is 0 Å². The molecule has 1 nitrogen and oxygen atoms in total. The van der Waals surface area contributed by atoms with Crippen LogP contribution in [-0.4, -0.2) is 13.1 Å². The summed E-state index contributed by atoms with van der Waals surface area (Å²) in [7, 11) is 0. The normalized spacial score (nSPS) is 19.9. The summed E-state index contributed by atoms with van der Waals surface area (Å²) in [4.78, 5) is 0. The van der Waals surface area contributed by atoms with Crippen molar-refractivity contribution in [3.8, 4) is 0 Å². The van der Waals surface area contributed by atoms with E-state index in [2.05, 4.69) is 51.2 Å². The van der Waals surface area contributed by atoms with E-state index in [0.717, 1.165) is 5.92 Å². The monoisotopic (exact) mass is 261 g/mol. The maximum absolute atomic E-state index is 3.22. The molecule has 3 rings (SSSR count). The SMILES string of the molecule is C1CCNC1.CCC.Cc1cccc2c1[C@@H](C)CC2. The Morgan fingerprint density at radius 3 is 2.26 bits per heavy atom. The lowest BCUT2D eigenvalue weighted by atomic mass is 9.98. The highest BCUT2D eigenvalue weighted by Crippen LogP contribution is 2.34. The molecular formula is C18H31N. The third-order valence-corrected chi connectivity index (χ3v) is 3.71. The van der Waals surface area contributed by atoms with Gasteiger partial charge in [0.2, 0.25) is 0 Å². The zero-order chi connectivity index (χ0) is 14.1. The van der Waals surface area contributed by atoms with Crippen molar-refractivity contribution in [2.24, 2.45) is 0 Å². The minimum atomic E-state index is 0.797. The van der Waals surface area contributed by atoms with Crippen LogP contribution in [0.2, 0.25) is 0 Å². The van der Waals surface area contributed by atoms with E-state index in [1.54, 1.807) is 11.1 Å². The van der Waals surface area contributed by atoms with Crippen molar-refractivity contribution >= 4 is 0 Å². The fourth-order valence-electron chi connectivity index (χ4n) is 2.81. The molecule has 1 N–H and O–H groups in total. The van der Waals surface area contributed by atoms with Crippen molar-refractivity contribution < 1.29 is 0 Å². The fraction of sp³-hybridized carbons (Fsp3) is 0.667. The summed E-state index contributed by atoms with van der Waals surface area (Å²) in [5, 5.41) is 3.22. The number of hydrogen-bond acceptors (Lipinski definition) is 1. The molecule has 2 aliphatic rings. The van der Waals surface area contributed by atoms with Gasteiger partial charge in [-0.25, -0.2) is 0 Å². The van der Waals surface area contributed by atoms with Crippen LogP contribution in [0.15, 0.2) is 18.2 Å². The number of nitrogens with one attached hydrogen (secondary N) is 1. The van der Waals surface area contributed by atoms with Gasteiger partial charge >= 0.3 is 0 Å². The minimum Gasteiger partial charge on any atom is -0.317 e. The molecule has 1 saturated heterocycles. The van der Waals surface area contributed by atoms with Gasteiger partial charge in [-0.2, -0.15) is 0 Å². The first-order chi connectivity index (χ1) is 9.20. The Labute approximate surface area is 119 Å². The van der Waals surface area contributed by atoms with Crippen LogP contribution in [0, 0.1) is 6.92 Å². The molecular weight excluding hydrogens is 230 g/mol. The molecule has 108 valence electrons. The first-order valence-corrected chi connectivity index (χ1v) is 7.99. The first kappa shape index (κ1) is 16.2. The first-order valence-electron chi connectivity index (χ1n) is 7.99. The van der Waals surface area contributed by atoms with E-state index in [9.17, 15) is 0 Å². The van der Waals surface area contributed by atoms with E-state index < -0.39 is 0 Å². The second-order valence-corrected chi connectivity index (χ2v) is 5.75. The topological polar surface area (TPSA) is 12.0 Å². The minimum absolute atomic E-state index is 0.797. The highest BCUT2D eigenvalue weighted by Gasteiger charge is 2.19. The van der Waals surface area contributed by atoms with Gasteiger partial charge in [-0.05, 0) is 68.3 Å². The van der Waals surface area contributed by atoms with Crippen LogP contribution in [0.5, 0.6) is 0 Å².